The van der Waals surface area contributed by atoms with Gasteiger partial charge < -0.3 is 0 Å². The Morgan fingerprint density at radius 2 is 1.64 bits per heavy atom. The van der Waals surface area contributed by atoms with Gasteiger partial charge in [0.2, 0.25) is 0 Å². The summed E-state index contributed by atoms with van der Waals surface area (Å²) < 4.78 is 24.7. The molecule has 0 unspecified atom stereocenters. The van der Waals surface area contributed by atoms with Gasteiger partial charge in [0.15, 0.2) is 15.2 Å². The minimum atomic E-state index is -3.41. The molecular weight excluding hydrogens is 296 g/mol. The van der Waals surface area contributed by atoms with Gasteiger partial charge in [-0.15, -0.1) is 0 Å². The summed E-state index contributed by atoms with van der Waals surface area (Å²) in [6.07, 6.45) is 1.98. The molecular formula is C17H16N2O2S. The molecule has 112 valence electrons. The van der Waals surface area contributed by atoms with Crippen LogP contribution in [0.15, 0.2) is 71.2 Å². The van der Waals surface area contributed by atoms with Gasteiger partial charge in [0.05, 0.1) is 5.71 Å². The summed E-state index contributed by atoms with van der Waals surface area (Å²) in [4.78, 5) is 0. The molecule has 0 aromatic heterocycles. The normalized spacial score (nSPS) is 18.2. The fourth-order valence-electron chi connectivity index (χ4n) is 2.25. The molecule has 1 N–H and O–H groups in total. The zero-order valence-electron chi connectivity index (χ0n) is 11.9. The Kier molecular flexibility index (Phi) is 4.06. The summed E-state index contributed by atoms with van der Waals surface area (Å²) in [6, 6.07) is 19.0. The zero-order valence-corrected chi connectivity index (χ0v) is 12.7. The molecule has 0 saturated carbocycles. The molecule has 0 bridgehead atoms. The van der Waals surface area contributed by atoms with Crippen LogP contribution in [0.1, 0.15) is 17.5 Å². The molecule has 1 aliphatic heterocycles. The number of hydrazone groups is 1. The predicted octanol–water partition coefficient (Wildman–Crippen LogP) is 2.80. The molecule has 2 aromatic carbocycles. The van der Waals surface area contributed by atoms with E-state index >= 15 is 0 Å². The molecule has 1 heterocycles. The van der Waals surface area contributed by atoms with Gasteiger partial charge in [0.1, 0.15) is 0 Å². The van der Waals surface area contributed by atoms with Crippen molar-refractivity contribution < 1.29 is 8.42 Å². The van der Waals surface area contributed by atoms with Crippen LogP contribution >= 0.6 is 0 Å². The largest absolute Gasteiger partial charge is 0.291 e. The average molecular weight is 312 g/mol. The van der Waals surface area contributed by atoms with Gasteiger partial charge in [-0.3, -0.25) is 5.43 Å². The summed E-state index contributed by atoms with van der Waals surface area (Å²) in [5, 5.41) is 4.71. The first kappa shape index (κ1) is 14.5. The third kappa shape index (κ3) is 3.26. The third-order valence-electron chi connectivity index (χ3n) is 3.48. The van der Waals surface area contributed by atoms with Gasteiger partial charge in [-0.05, 0) is 17.2 Å². The van der Waals surface area contributed by atoms with Crippen molar-refractivity contribution in [2.24, 2.45) is 5.10 Å². The maximum atomic E-state index is 12.4. The van der Waals surface area contributed by atoms with Crippen LogP contribution in [-0.4, -0.2) is 19.5 Å². The van der Waals surface area contributed by atoms with Crippen LogP contribution < -0.4 is 5.43 Å². The van der Waals surface area contributed by atoms with E-state index in [2.05, 4.69) is 10.5 Å². The van der Waals surface area contributed by atoms with Gasteiger partial charge in [-0.1, -0.05) is 60.7 Å². The lowest BCUT2D eigenvalue weighted by atomic mass is 10.1. The second kappa shape index (κ2) is 6.15. The molecule has 0 radical (unpaired) electrons. The molecule has 22 heavy (non-hydrogen) atoms. The summed E-state index contributed by atoms with van der Waals surface area (Å²) in [5.41, 5.74) is 5.30. The number of hydrogen-bond donors (Lipinski definition) is 1. The van der Waals surface area contributed by atoms with Crippen molar-refractivity contribution in [2.45, 2.75) is 11.8 Å². The number of rotatable bonds is 4. The third-order valence-corrected chi connectivity index (χ3v) is 5.06. The number of hydrogen-bond acceptors (Lipinski definition) is 4. The molecule has 1 atom stereocenters. The molecule has 0 fully saturated rings. The minimum Gasteiger partial charge on any atom is -0.291 e. The van der Waals surface area contributed by atoms with Crippen LogP contribution in [0.3, 0.4) is 0 Å². The molecule has 0 spiro atoms. The van der Waals surface area contributed by atoms with E-state index in [4.69, 9.17) is 0 Å². The van der Waals surface area contributed by atoms with Crippen LogP contribution in [0.2, 0.25) is 0 Å². The summed E-state index contributed by atoms with van der Waals surface area (Å²) >= 11 is 0. The Morgan fingerprint density at radius 3 is 2.32 bits per heavy atom. The van der Waals surface area contributed by atoms with Crippen molar-refractivity contribution in [3.05, 3.63) is 77.2 Å². The van der Waals surface area contributed by atoms with E-state index in [1.165, 1.54) is 5.41 Å². The maximum Gasteiger partial charge on any atom is 0.194 e. The van der Waals surface area contributed by atoms with E-state index in [9.17, 15) is 8.42 Å². The first-order valence-electron chi connectivity index (χ1n) is 7.00. The molecule has 2 aromatic rings. The van der Waals surface area contributed by atoms with Crippen LogP contribution in [-0.2, 0) is 9.84 Å². The standard InChI is InChI=1S/C17H16N2O2S/c20-22(21,12-11-14-7-3-1-4-8-14)17-13-16(18-19-17)15-9-5-2-6-10-15/h1-12,17,19H,13H2/b12-11+/t17-/m0/s1. The molecule has 0 amide bonds. The van der Waals surface area contributed by atoms with Crippen molar-refractivity contribution in [3.63, 3.8) is 0 Å². The second-order valence-electron chi connectivity index (χ2n) is 5.05. The Morgan fingerprint density at radius 1 is 1.00 bits per heavy atom. The highest BCUT2D eigenvalue weighted by molar-refractivity contribution is 7.95. The zero-order chi connectivity index (χ0) is 15.4. The predicted molar refractivity (Wildman–Crippen MR) is 88.9 cm³/mol. The van der Waals surface area contributed by atoms with Crippen LogP contribution in [0.4, 0.5) is 0 Å². The Bertz CT molecular complexity index is 797. The van der Waals surface area contributed by atoms with Crippen LogP contribution in [0, 0.1) is 0 Å². The molecule has 1 aliphatic rings. The van der Waals surface area contributed by atoms with Crippen molar-refractivity contribution >= 4 is 21.6 Å². The van der Waals surface area contributed by atoms with Gasteiger partial charge in [0.25, 0.3) is 0 Å². The lowest BCUT2D eigenvalue weighted by molar-refractivity contribution is 0.577. The highest BCUT2D eigenvalue weighted by Crippen LogP contribution is 2.18. The maximum absolute atomic E-state index is 12.4. The Balaban J connectivity index is 1.72. The molecule has 4 nitrogen and oxygen atoms in total. The van der Waals surface area contributed by atoms with Gasteiger partial charge in [-0.25, -0.2) is 8.42 Å². The molecule has 5 heteroatoms. The van der Waals surface area contributed by atoms with E-state index in [0.717, 1.165) is 16.8 Å². The molecule has 0 aliphatic carbocycles. The van der Waals surface area contributed by atoms with Crippen molar-refractivity contribution in [3.8, 4) is 0 Å². The summed E-state index contributed by atoms with van der Waals surface area (Å²) in [5.74, 6) is 0. The highest BCUT2D eigenvalue weighted by atomic mass is 32.2. The quantitative estimate of drug-likeness (QED) is 0.944. The first-order valence-corrected chi connectivity index (χ1v) is 8.61. The Labute approximate surface area is 130 Å². The number of benzene rings is 2. The smallest absolute Gasteiger partial charge is 0.194 e. The average Bonchev–Trinajstić information content (AvgIpc) is 3.06. The van der Waals surface area contributed by atoms with E-state index in [1.807, 2.05) is 60.7 Å². The first-order chi connectivity index (χ1) is 10.6. The van der Waals surface area contributed by atoms with E-state index in [0.29, 0.717) is 6.42 Å². The number of nitrogens with one attached hydrogen (secondary N) is 1. The highest BCUT2D eigenvalue weighted by Gasteiger charge is 2.29. The van der Waals surface area contributed by atoms with Crippen molar-refractivity contribution in [2.75, 3.05) is 0 Å². The van der Waals surface area contributed by atoms with Crippen molar-refractivity contribution in [1.82, 2.24) is 5.43 Å². The minimum absolute atomic E-state index is 0.367. The van der Waals surface area contributed by atoms with Gasteiger partial charge in [-0.2, -0.15) is 5.10 Å². The van der Waals surface area contributed by atoms with Crippen molar-refractivity contribution in [1.29, 1.82) is 0 Å². The van der Waals surface area contributed by atoms with Crippen LogP contribution in [0.5, 0.6) is 0 Å². The fourth-order valence-corrected chi connectivity index (χ4v) is 3.38. The summed E-state index contributed by atoms with van der Waals surface area (Å²) in [6.45, 7) is 0. The van der Waals surface area contributed by atoms with E-state index < -0.39 is 15.2 Å². The topological polar surface area (TPSA) is 58.5 Å². The van der Waals surface area contributed by atoms with E-state index in [-0.39, 0.29) is 0 Å². The monoisotopic (exact) mass is 312 g/mol. The lowest BCUT2D eigenvalue weighted by Crippen LogP contribution is -2.28. The molecule has 0 saturated heterocycles. The second-order valence-corrected chi connectivity index (χ2v) is 7.07. The number of nitrogens with zero attached hydrogens (tertiary/aromatic N) is 1. The molecule has 3 rings (SSSR count). The lowest BCUT2D eigenvalue weighted by Gasteiger charge is -2.07. The fraction of sp³-hybridized carbons (Fsp3) is 0.118. The van der Waals surface area contributed by atoms with Gasteiger partial charge >= 0.3 is 0 Å². The van der Waals surface area contributed by atoms with E-state index in [1.54, 1.807) is 6.08 Å². The van der Waals surface area contributed by atoms with Gasteiger partial charge in [0, 0.05) is 11.8 Å². The van der Waals surface area contributed by atoms with Crippen LogP contribution in [0.25, 0.3) is 6.08 Å². The number of sulfone groups is 1. The SMILES string of the molecule is O=S(=O)(/C=C/c1ccccc1)[C@H]1CC(c2ccccc2)=NN1. The summed E-state index contributed by atoms with van der Waals surface area (Å²) in [7, 11) is -3.41. The Hall–Kier alpha value is -2.40.